The summed E-state index contributed by atoms with van der Waals surface area (Å²) in [7, 11) is 3.70. The maximum Gasteiger partial charge on any atom is 0.418 e. The molecule has 1 unspecified atom stereocenters. The fourth-order valence-electron chi connectivity index (χ4n) is 2.91. The van der Waals surface area contributed by atoms with Crippen LogP contribution in [0.4, 0.5) is 13.2 Å². The molecule has 0 aliphatic heterocycles. The van der Waals surface area contributed by atoms with Crippen molar-refractivity contribution in [3.8, 4) is 0 Å². The number of carbonyl (C=O) groups is 1. The first-order valence-corrected chi connectivity index (χ1v) is 8.29. The molecule has 27 heavy (non-hydrogen) atoms. The van der Waals surface area contributed by atoms with Gasteiger partial charge in [0.25, 0.3) is 0 Å². The van der Waals surface area contributed by atoms with E-state index in [1.165, 1.54) is 22.7 Å². The Bertz CT molecular complexity index is 979. The molecular formula is C19H19F3N2O3. The van der Waals surface area contributed by atoms with Gasteiger partial charge >= 0.3 is 12.1 Å². The number of hydrogen-bond acceptors (Lipinski definition) is 4. The number of ether oxygens (including phenoxy) is 1. The average molecular weight is 380 g/mol. The maximum absolute atomic E-state index is 12.8. The number of likely N-dealkylation sites (N-methyl/N-ethyl adjacent to an activating group) is 1. The second-order valence-electron chi connectivity index (χ2n) is 6.49. The highest BCUT2D eigenvalue weighted by Gasteiger charge is 2.39. The molecule has 0 bridgehead atoms. The monoisotopic (exact) mass is 380 g/mol. The highest BCUT2D eigenvalue weighted by Crippen LogP contribution is 2.34. The lowest BCUT2D eigenvalue weighted by atomic mass is 10.1. The third kappa shape index (κ3) is 3.77. The third-order valence-electron chi connectivity index (χ3n) is 4.26. The molecule has 3 rings (SSSR count). The van der Waals surface area contributed by atoms with Crippen LogP contribution in [0.15, 0.2) is 42.6 Å². The zero-order chi connectivity index (χ0) is 19.8. The number of esters is 1. The molecule has 5 nitrogen and oxygen atoms in total. The number of pyridine rings is 1. The Hall–Kier alpha value is -2.58. The van der Waals surface area contributed by atoms with Crippen molar-refractivity contribution in [3.63, 3.8) is 0 Å². The zero-order valence-electron chi connectivity index (χ0n) is 14.8. The molecule has 2 aromatic heterocycles. The molecule has 3 aromatic rings. The lowest BCUT2D eigenvalue weighted by Crippen LogP contribution is -2.20. The predicted octanol–water partition coefficient (Wildman–Crippen LogP) is 3.41. The van der Waals surface area contributed by atoms with Crippen molar-refractivity contribution in [1.29, 1.82) is 0 Å². The van der Waals surface area contributed by atoms with E-state index in [4.69, 9.17) is 4.74 Å². The summed E-state index contributed by atoms with van der Waals surface area (Å²) in [5, 5.41) is 10.1. The SMILES string of the molecule is CN(C)CCOC(=O)c1c2ccccc2n2cc(C(O)C(F)(F)F)ccc12. The number of aliphatic hydroxyl groups is 1. The summed E-state index contributed by atoms with van der Waals surface area (Å²) >= 11 is 0. The van der Waals surface area contributed by atoms with E-state index in [0.717, 1.165) is 0 Å². The molecule has 0 spiro atoms. The number of alkyl halides is 3. The van der Waals surface area contributed by atoms with Gasteiger partial charge in [-0.2, -0.15) is 13.2 Å². The fraction of sp³-hybridized carbons (Fsp3) is 0.316. The molecule has 1 aromatic carbocycles. The first kappa shape index (κ1) is 19.2. The van der Waals surface area contributed by atoms with Crippen LogP contribution >= 0.6 is 0 Å². The summed E-state index contributed by atoms with van der Waals surface area (Å²) in [6.45, 7) is 0.750. The molecule has 0 fully saturated rings. The van der Waals surface area contributed by atoms with Gasteiger partial charge in [0.2, 0.25) is 0 Å². The summed E-state index contributed by atoms with van der Waals surface area (Å²) in [6.07, 6.45) is -6.17. The van der Waals surface area contributed by atoms with Crippen molar-refractivity contribution in [2.45, 2.75) is 12.3 Å². The van der Waals surface area contributed by atoms with Gasteiger partial charge in [0, 0.05) is 23.7 Å². The third-order valence-corrected chi connectivity index (χ3v) is 4.26. The van der Waals surface area contributed by atoms with Crippen LogP contribution in [0.1, 0.15) is 22.0 Å². The number of hydrogen-bond donors (Lipinski definition) is 1. The number of fused-ring (bicyclic) bond motifs is 3. The second kappa shape index (κ2) is 7.21. The number of benzene rings is 1. The highest BCUT2D eigenvalue weighted by atomic mass is 19.4. The minimum absolute atomic E-state index is 0.197. The summed E-state index contributed by atoms with van der Waals surface area (Å²) in [6, 6.07) is 9.44. The standard InChI is InChI=1S/C19H19F3N2O3/c1-23(2)9-10-27-18(26)16-13-5-3-4-6-14(13)24-11-12(7-8-15(16)24)17(25)19(20,21)22/h3-8,11,17,25H,9-10H2,1-2H3. The number of rotatable bonds is 5. The van der Waals surface area contributed by atoms with Gasteiger partial charge in [0.15, 0.2) is 6.10 Å². The molecule has 1 atom stereocenters. The first-order valence-electron chi connectivity index (χ1n) is 8.29. The van der Waals surface area contributed by atoms with E-state index < -0.39 is 18.2 Å². The van der Waals surface area contributed by atoms with Crippen LogP contribution in [0, 0.1) is 0 Å². The van der Waals surface area contributed by atoms with Crippen LogP contribution < -0.4 is 0 Å². The number of carbonyl (C=O) groups excluding carboxylic acids is 1. The fourth-order valence-corrected chi connectivity index (χ4v) is 2.91. The average Bonchev–Trinajstić information content (AvgIpc) is 2.93. The van der Waals surface area contributed by atoms with Gasteiger partial charge in [0.05, 0.1) is 16.6 Å². The van der Waals surface area contributed by atoms with Gasteiger partial charge < -0.3 is 19.1 Å². The lowest BCUT2D eigenvalue weighted by Gasteiger charge is -2.15. The van der Waals surface area contributed by atoms with Gasteiger partial charge in [-0.15, -0.1) is 0 Å². The summed E-state index contributed by atoms with van der Waals surface area (Å²) in [5.74, 6) is -0.542. The van der Waals surface area contributed by atoms with Gasteiger partial charge in [-0.3, -0.25) is 0 Å². The van der Waals surface area contributed by atoms with Crippen molar-refractivity contribution >= 4 is 22.4 Å². The topological polar surface area (TPSA) is 54.2 Å². The van der Waals surface area contributed by atoms with E-state index in [1.54, 1.807) is 24.3 Å². The van der Waals surface area contributed by atoms with Crippen molar-refractivity contribution in [1.82, 2.24) is 9.30 Å². The molecule has 2 heterocycles. The first-order chi connectivity index (χ1) is 12.7. The van der Waals surface area contributed by atoms with Gasteiger partial charge in [-0.25, -0.2) is 4.79 Å². The van der Waals surface area contributed by atoms with Crippen LogP contribution in [0.25, 0.3) is 16.4 Å². The van der Waals surface area contributed by atoms with Crippen molar-refractivity contribution < 1.29 is 27.8 Å². The molecule has 0 aliphatic carbocycles. The minimum Gasteiger partial charge on any atom is -0.461 e. The molecule has 0 saturated heterocycles. The van der Waals surface area contributed by atoms with Crippen molar-refractivity contribution in [2.24, 2.45) is 0 Å². The van der Waals surface area contributed by atoms with E-state index in [9.17, 15) is 23.1 Å². The molecule has 0 radical (unpaired) electrons. The minimum atomic E-state index is -4.77. The van der Waals surface area contributed by atoms with Gasteiger partial charge in [-0.1, -0.05) is 24.3 Å². The maximum atomic E-state index is 12.8. The molecule has 8 heteroatoms. The lowest BCUT2D eigenvalue weighted by molar-refractivity contribution is -0.206. The summed E-state index contributed by atoms with van der Waals surface area (Å²) in [4.78, 5) is 14.5. The van der Waals surface area contributed by atoms with Crippen LogP contribution in [-0.4, -0.2) is 53.8 Å². The number of aromatic nitrogens is 1. The van der Waals surface area contributed by atoms with Crippen molar-refractivity contribution in [2.75, 3.05) is 27.2 Å². The predicted molar refractivity (Wildman–Crippen MR) is 94.8 cm³/mol. The summed E-state index contributed by atoms with van der Waals surface area (Å²) < 4.78 is 45.3. The Balaban J connectivity index is 2.09. The van der Waals surface area contributed by atoms with Gasteiger partial charge in [-0.05, 0) is 26.2 Å². The Kier molecular flexibility index (Phi) is 5.12. The summed E-state index contributed by atoms with van der Waals surface area (Å²) in [5.41, 5.74) is 0.966. The Labute approximate surface area is 153 Å². The Morgan fingerprint density at radius 1 is 1.19 bits per heavy atom. The molecule has 0 amide bonds. The van der Waals surface area contributed by atoms with Crippen molar-refractivity contribution in [3.05, 3.63) is 53.7 Å². The number of nitrogens with zero attached hydrogens (tertiary/aromatic N) is 2. The molecular weight excluding hydrogens is 361 g/mol. The Morgan fingerprint density at radius 2 is 1.89 bits per heavy atom. The second-order valence-corrected chi connectivity index (χ2v) is 6.49. The Morgan fingerprint density at radius 3 is 2.56 bits per heavy atom. The largest absolute Gasteiger partial charge is 0.461 e. The van der Waals surface area contributed by atoms with E-state index in [2.05, 4.69) is 0 Å². The van der Waals surface area contributed by atoms with E-state index in [0.29, 0.717) is 23.0 Å². The highest BCUT2D eigenvalue weighted by molar-refractivity contribution is 6.11. The van der Waals surface area contributed by atoms with Crippen LogP contribution in [0.2, 0.25) is 0 Å². The molecule has 144 valence electrons. The number of halogens is 3. The van der Waals surface area contributed by atoms with E-state index >= 15 is 0 Å². The smallest absolute Gasteiger partial charge is 0.418 e. The normalized spacial score (nSPS) is 13.4. The van der Waals surface area contributed by atoms with E-state index in [-0.39, 0.29) is 17.7 Å². The quantitative estimate of drug-likeness (QED) is 0.690. The zero-order valence-corrected chi connectivity index (χ0v) is 14.8. The van der Waals surface area contributed by atoms with Crippen LogP contribution in [0.3, 0.4) is 0 Å². The van der Waals surface area contributed by atoms with E-state index in [1.807, 2.05) is 19.0 Å². The molecule has 0 saturated carbocycles. The van der Waals surface area contributed by atoms with Crippen LogP contribution in [0.5, 0.6) is 0 Å². The van der Waals surface area contributed by atoms with Crippen LogP contribution in [-0.2, 0) is 4.74 Å². The number of aliphatic hydroxyl groups excluding tert-OH is 1. The molecule has 1 N–H and O–H groups in total. The van der Waals surface area contributed by atoms with Gasteiger partial charge in [0.1, 0.15) is 6.61 Å². The number of para-hydroxylation sites is 1. The molecule has 0 aliphatic rings.